The van der Waals surface area contributed by atoms with Crippen molar-refractivity contribution < 1.29 is 9.53 Å². The van der Waals surface area contributed by atoms with Crippen LogP contribution in [0.15, 0.2) is 53.9 Å². The number of ether oxygens (including phenoxy) is 1. The second-order valence-electron chi connectivity index (χ2n) is 7.97. The van der Waals surface area contributed by atoms with Crippen molar-refractivity contribution in [1.29, 1.82) is 5.41 Å². The number of fused-ring (bicyclic) bond motifs is 3. The molecule has 32 heavy (non-hydrogen) atoms. The lowest BCUT2D eigenvalue weighted by Gasteiger charge is -2.30. The van der Waals surface area contributed by atoms with Crippen LogP contribution in [0.4, 0.5) is 5.69 Å². The molecule has 3 N–H and O–H groups in total. The number of anilines is 1. The Balaban J connectivity index is 1.63. The molecule has 0 bridgehead atoms. The van der Waals surface area contributed by atoms with E-state index in [0.29, 0.717) is 24.4 Å². The summed E-state index contributed by atoms with van der Waals surface area (Å²) in [6, 6.07) is 9.33. The van der Waals surface area contributed by atoms with Crippen molar-refractivity contribution in [3.63, 3.8) is 0 Å². The van der Waals surface area contributed by atoms with E-state index in [9.17, 15) is 4.79 Å². The summed E-state index contributed by atoms with van der Waals surface area (Å²) in [7, 11) is 1.69. The van der Waals surface area contributed by atoms with Gasteiger partial charge in [-0.25, -0.2) is 0 Å². The SMILES string of the molecule is CN=CC(=CN)c1ccc(=N)n(-c2ccc3ncc4c(c3c2)OCCN4C(=O)C2CC2)c1. The van der Waals surface area contributed by atoms with Gasteiger partial charge in [0.05, 0.1) is 18.3 Å². The Morgan fingerprint density at radius 3 is 2.91 bits per heavy atom. The number of allylic oxidation sites excluding steroid dienone is 1. The zero-order valence-corrected chi connectivity index (χ0v) is 17.8. The van der Waals surface area contributed by atoms with E-state index < -0.39 is 0 Å². The molecule has 0 radical (unpaired) electrons. The van der Waals surface area contributed by atoms with Gasteiger partial charge >= 0.3 is 0 Å². The van der Waals surface area contributed by atoms with Crippen LogP contribution in [0.5, 0.6) is 5.75 Å². The van der Waals surface area contributed by atoms with Crippen LogP contribution in [0.3, 0.4) is 0 Å². The predicted octanol–water partition coefficient (Wildman–Crippen LogP) is 2.64. The summed E-state index contributed by atoms with van der Waals surface area (Å²) >= 11 is 0. The third kappa shape index (κ3) is 3.43. The van der Waals surface area contributed by atoms with Gasteiger partial charge in [-0.2, -0.15) is 0 Å². The van der Waals surface area contributed by atoms with Gasteiger partial charge in [0.1, 0.15) is 17.8 Å². The lowest BCUT2D eigenvalue weighted by atomic mass is 10.1. The zero-order chi connectivity index (χ0) is 22.2. The number of aromatic nitrogens is 2. The summed E-state index contributed by atoms with van der Waals surface area (Å²) < 4.78 is 7.79. The minimum Gasteiger partial charge on any atom is -0.489 e. The van der Waals surface area contributed by atoms with Gasteiger partial charge in [0.15, 0.2) is 5.75 Å². The number of hydrogen-bond acceptors (Lipinski definition) is 6. The molecule has 1 aliphatic heterocycles. The first-order chi connectivity index (χ1) is 15.6. The minimum atomic E-state index is 0.128. The Bertz CT molecular complexity index is 1340. The van der Waals surface area contributed by atoms with Crippen LogP contribution in [0.25, 0.3) is 22.2 Å². The van der Waals surface area contributed by atoms with Crippen LogP contribution in [0.1, 0.15) is 18.4 Å². The Morgan fingerprint density at radius 1 is 1.31 bits per heavy atom. The summed E-state index contributed by atoms with van der Waals surface area (Å²) in [5.41, 5.74) is 9.98. The summed E-state index contributed by atoms with van der Waals surface area (Å²) in [5.74, 6) is 0.950. The van der Waals surface area contributed by atoms with Crippen molar-refractivity contribution in [2.75, 3.05) is 25.1 Å². The number of amides is 1. The monoisotopic (exact) mass is 428 g/mol. The molecular formula is C24H24N6O2. The number of hydrogen-bond donors (Lipinski definition) is 2. The first-order valence-electron chi connectivity index (χ1n) is 10.6. The molecule has 3 heterocycles. The van der Waals surface area contributed by atoms with Gasteiger partial charge in [0.2, 0.25) is 5.91 Å². The quantitative estimate of drug-likeness (QED) is 0.623. The van der Waals surface area contributed by atoms with Gasteiger partial charge in [-0.05, 0) is 43.2 Å². The van der Waals surface area contributed by atoms with Gasteiger partial charge < -0.3 is 19.9 Å². The van der Waals surface area contributed by atoms with Crippen molar-refractivity contribution in [1.82, 2.24) is 9.55 Å². The second kappa shape index (κ2) is 7.96. The number of carbonyl (C=O) groups excluding carboxylic acids is 1. The highest BCUT2D eigenvalue weighted by Crippen LogP contribution is 2.41. The number of rotatable bonds is 4. The molecule has 3 aromatic rings. The van der Waals surface area contributed by atoms with Crippen molar-refractivity contribution in [3.8, 4) is 11.4 Å². The van der Waals surface area contributed by atoms with Crippen LogP contribution in [0.2, 0.25) is 0 Å². The van der Waals surface area contributed by atoms with E-state index in [0.717, 1.165) is 46.3 Å². The standard InChI is InChI=1S/C24H24N6O2/c1-27-12-17(11-25)16-4-7-22(26)30(14-16)18-5-6-20-19(10-18)23-21(13-28-20)29(8-9-32-23)24(31)15-2-3-15/h4-7,10-15,26H,2-3,8-9,25H2,1H3. The first kappa shape index (κ1) is 20.0. The van der Waals surface area contributed by atoms with E-state index >= 15 is 0 Å². The molecule has 1 aromatic carbocycles. The van der Waals surface area contributed by atoms with E-state index in [1.165, 1.54) is 6.20 Å². The summed E-state index contributed by atoms with van der Waals surface area (Å²) in [4.78, 5) is 23.2. The lowest BCUT2D eigenvalue weighted by Crippen LogP contribution is -2.39. The van der Waals surface area contributed by atoms with E-state index in [2.05, 4.69) is 9.98 Å². The molecule has 5 rings (SSSR count). The predicted molar refractivity (Wildman–Crippen MR) is 124 cm³/mol. The fourth-order valence-electron chi connectivity index (χ4n) is 4.02. The van der Waals surface area contributed by atoms with E-state index in [4.69, 9.17) is 15.9 Å². The number of nitrogens with zero attached hydrogens (tertiary/aromatic N) is 4. The molecule has 2 aromatic heterocycles. The van der Waals surface area contributed by atoms with E-state index in [1.807, 2.05) is 35.4 Å². The van der Waals surface area contributed by atoms with Crippen LogP contribution < -0.4 is 20.9 Å². The molecular weight excluding hydrogens is 404 g/mol. The van der Waals surface area contributed by atoms with Gasteiger partial charge in [0, 0.05) is 53.8 Å². The molecule has 0 atom stereocenters. The molecule has 2 aliphatic rings. The minimum absolute atomic E-state index is 0.128. The Morgan fingerprint density at radius 2 is 2.16 bits per heavy atom. The van der Waals surface area contributed by atoms with Gasteiger partial charge in [-0.1, -0.05) is 0 Å². The van der Waals surface area contributed by atoms with Crippen molar-refractivity contribution in [2.45, 2.75) is 12.8 Å². The summed E-state index contributed by atoms with van der Waals surface area (Å²) in [6.45, 7) is 0.984. The molecule has 0 unspecified atom stereocenters. The van der Waals surface area contributed by atoms with Gasteiger partial charge in [-0.15, -0.1) is 0 Å². The molecule has 1 saturated carbocycles. The first-order valence-corrected chi connectivity index (χ1v) is 10.6. The number of aliphatic imine (C=N–C) groups is 1. The molecule has 8 heteroatoms. The molecule has 162 valence electrons. The number of nitrogens with one attached hydrogen (secondary N) is 1. The van der Waals surface area contributed by atoms with Gasteiger partial charge in [-0.3, -0.25) is 20.2 Å². The molecule has 8 nitrogen and oxygen atoms in total. The Hall–Kier alpha value is -3.94. The van der Waals surface area contributed by atoms with Crippen LogP contribution >= 0.6 is 0 Å². The highest BCUT2D eigenvalue weighted by Gasteiger charge is 2.36. The van der Waals surface area contributed by atoms with E-state index in [1.54, 1.807) is 30.1 Å². The fourth-order valence-corrected chi connectivity index (χ4v) is 4.02. The maximum atomic E-state index is 12.8. The third-order valence-corrected chi connectivity index (χ3v) is 5.84. The smallest absolute Gasteiger partial charge is 0.230 e. The average Bonchev–Trinajstić information content (AvgIpc) is 3.67. The molecule has 0 saturated heterocycles. The third-order valence-electron chi connectivity index (χ3n) is 5.84. The number of carbonyl (C=O) groups is 1. The Labute approximate surface area is 185 Å². The second-order valence-corrected chi connectivity index (χ2v) is 7.97. The highest BCUT2D eigenvalue weighted by atomic mass is 16.5. The lowest BCUT2D eigenvalue weighted by molar-refractivity contribution is -0.120. The molecule has 1 amide bonds. The van der Waals surface area contributed by atoms with Crippen molar-refractivity contribution in [3.05, 3.63) is 60.0 Å². The highest BCUT2D eigenvalue weighted by molar-refractivity contribution is 6.09. The average molecular weight is 428 g/mol. The maximum absolute atomic E-state index is 12.8. The van der Waals surface area contributed by atoms with Crippen molar-refractivity contribution in [2.24, 2.45) is 16.6 Å². The number of benzene rings is 1. The summed E-state index contributed by atoms with van der Waals surface area (Å²) in [5, 5.41) is 9.24. The topological polar surface area (TPSA) is 110 Å². The van der Waals surface area contributed by atoms with Crippen molar-refractivity contribution >= 4 is 34.3 Å². The molecule has 1 fully saturated rings. The maximum Gasteiger partial charge on any atom is 0.230 e. The summed E-state index contributed by atoms with van der Waals surface area (Å²) in [6.07, 6.45) is 8.68. The number of pyridine rings is 2. The fraction of sp³-hybridized carbons (Fsp3) is 0.250. The zero-order valence-electron chi connectivity index (χ0n) is 17.8. The van der Waals surface area contributed by atoms with E-state index in [-0.39, 0.29) is 11.8 Å². The Kier molecular flexibility index (Phi) is 4.97. The van der Waals surface area contributed by atoms with Crippen LogP contribution in [-0.2, 0) is 4.79 Å². The van der Waals surface area contributed by atoms with Crippen LogP contribution in [-0.4, -0.2) is 41.9 Å². The van der Waals surface area contributed by atoms with Crippen LogP contribution in [0, 0.1) is 11.3 Å². The largest absolute Gasteiger partial charge is 0.489 e. The molecule has 1 aliphatic carbocycles. The number of nitrogens with two attached hydrogens (primary N) is 1. The normalized spacial score (nSPS) is 16.3. The van der Waals surface area contributed by atoms with Gasteiger partial charge in [0.25, 0.3) is 0 Å². The molecule has 0 spiro atoms.